The summed E-state index contributed by atoms with van der Waals surface area (Å²) in [4.78, 5) is 11.3. The summed E-state index contributed by atoms with van der Waals surface area (Å²) in [5.74, 6) is 0.318. The van der Waals surface area contributed by atoms with Crippen LogP contribution in [0.15, 0.2) is 18.2 Å². The van der Waals surface area contributed by atoms with Gasteiger partial charge in [0.2, 0.25) is 0 Å². The van der Waals surface area contributed by atoms with Crippen molar-refractivity contribution in [3.05, 3.63) is 28.8 Å². The lowest BCUT2D eigenvalue weighted by atomic mass is 10.0. The highest BCUT2D eigenvalue weighted by molar-refractivity contribution is 7.91. The Balaban J connectivity index is 2.01. The van der Waals surface area contributed by atoms with E-state index in [4.69, 9.17) is 22.1 Å². The Morgan fingerprint density at radius 2 is 2.00 bits per heavy atom. The molecule has 20 heavy (non-hydrogen) atoms. The molecule has 0 saturated carbocycles. The summed E-state index contributed by atoms with van der Waals surface area (Å²) in [6.07, 6.45) is 1.16. The van der Waals surface area contributed by atoms with E-state index in [2.05, 4.69) is 0 Å². The number of sulfone groups is 1. The van der Waals surface area contributed by atoms with Crippen molar-refractivity contribution in [3.8, 4) is 5.75 Å². The molecular weight excluding hydrogens is 302 g/mol. The zero-order valence-corrected chi connectivity index (χ0v) is 12.4. The Morgan fingerprint density at radius 1 is 1.35 bits per heavy atom. The van der Waals surface area contributed by atoms with Crippen LogP contribution in [0.25, 0.3) is 0 Å². The van der Waals surface area contributed by atoms with Crippen molar-refractivity contribution in [2.24, 2.45) is 11.7 Å². The molecule has 0 bridgehead atoms. The van der Waals surface area contributed by atoms with Gasteiger partial charge in [-0.2, -0.15) is 0 Å². The molecule has 0 spiro atoms. The number of halogens is 1. The fourth-order valence-corrected chi connectivity index (χ4v) is 3.88. The maximum Gasteiger partial charge on any atom is 0.252 e. The van der Waals surface area contributed by atoms with E-state index in [0.29, 0.717) is 30.2 Å². The highest BCUT2D eigenvalue weighted by Gasteiger charge is 2.24. The topological polar surface area (TPSA) is 86.5 Å². The van der Waals surface area contributed by atoms with Gasteiger partial charge in [0.1, 0.15) is 15.6 Å². The van der Waals surface area contributed by atoms with Gasteiger partial charge < -0.3 is 10.5 Å². The maximum atomic E-state index is 11.3. The number of amides is 1. The number of hydrogen-bond acceptors (Lipinski definition) is 4. The molecule has 1 saturated heterocycles. The van der Waals surface area contributed by atoms with E-state index in [-0.39, 0.29) is 23.0 Å². The average Bonchev–Trinajstić information content (AvgIpc) is 2.37. The maximum absolute atomic E-state index is 11.3. The van der Waals surface area contributed by atoms with E-state index in [9.17, 15) is 13.2 Å². The van der Waals surface area contributed by atoms with Crippen LogP contribution in [0.3, 0.4) is 0 Å². The van der Waals surface area contributed by atoms with Gasteiger partial charge >= 0.3 is 0 Å². The first-order valence-electron chi connectivity index (χ1n) is 6.30. The van der Waals surface area contributed by atoms with E-state index in [1.54, 1.807) is 12.1 Å². The summed E-state index contributed by atoms with van der Waals surface area (Å²) in [5, 5.41) is 0.455. The highest BCUT2D eigenvalue weighted by atomic mass is 35.5. The summed E-state index contributed by atoms with van der Waals surface area (Å²) < 4.78 is 28.3. The average molecular weight is 318 g/mol. The van der Waals surface area contributed by atoms with Gasteiger partial charge in [-0.15, -0.1) is 0 Å². The standard InChI is InChI=1S/C13H16ClNO4S/c14-10-1-2-11(13(15)16)12(7-10)19-8-9-3-5-20(17,18)6-4-9/h1-2,7,9H,3-6,8H2,(H2,15,16). The first-order chi connectivity index (χ1) is 9.37. The van der Waals surface area contributed by atoms with Crippen molar-refractivity contribution in [2.75, 3.05) is 18.1 Å². The number of rotatable bonds is 4. The lowest BCUT2D eigenvalue weighted by Gasteiger charge is -2.22. The Hall–Kier alpha value is -1.27. The van der Waals surface area contributed by atoms with Crippen LogP contribution in [0.1, 0.15) is 23.2 Å². The van der Waals surface area contributed by atoms with Crippen molar-refractivity contribution < 1.29 is 17.9 Å². The quantitative estimate of drug-likeness (QED) is 0.914. The molecule has 1 aliphatic rings. The minimum Gasteiger partial charge on any atom is -0.492 e. The number of ether oxygens (including phenoxy) is 1. The zero-order chi connectivity index (χ0) is 14.8. The predicted molar refractivity (Wildman–Crippen MR) is 76.8 cm³/mol. The number of carbonyl (C=O) groups excluding carboxylic acids is 1. The van der Waals surface area contributed by atoms with Gasteiger partial charge in [0.05, 0.1) is 23.7 Å². The SMILES string of the molecule is NC(=O)c1ccc(Cl)cc1OCC1CCS(=O)(=O)CC1. The van der Waals surface area contributed by atoms with Crippen molar-refractivity contribution in [1.29, 1.82) is 0 Å². The van der Waals surface area contributed by atoms with Crippen LogP contribution >= 0.6 is 11.6 Å². The van der Waals surface area contributed by atoms with Crippen LogP contribution < -0.4 is 10.5 Å². The molecule has 0 aliphatic carbocycles. The first-order valence-corrected chi connectivity index (χ1v) is 8.50. The molecule has 1 aromatic carbocycles. The van der Waals surface area contributed by atoms with Crippen LogP contribution in [-0.4, -0.2) is 32.4 Å². The van der Waals surface area contributed by atoms with Gasteiger partial charge in [-0.3, -0.25) is 4.79 Å². The normalized spacial score (nSPS) is 18.6. The van der Waals surface area contributed by atoms with Crippen LogP contribution in [0.4, 0.5) is 0 Å². The number of hydrogen-bond donors (Lipinski definition) is 1. The van der Waals surface area contributed by atoms with Gasteiger partial charge in [-0.05, 0) is 37.0 Å². The predicted octanol–water partition coefficient (Wildman–Crippen LogP) is 1.64. The third kappa shape index (κ3) is 3.86. The van der Waals surface area contributed by atoms with Crippen LogP contribution in [-0.2, 0) is 9.84 Å². The monoisotopic (exact) mass is 317 g/mol. The van der Waals surface area contributed by atoms with Crippen LogP contribution in [0.5, 0.6) is 5.75 Å². The fraction of sp³-hybridized carbons (Fsp3) is 0.462. The third-order valence-electron chi connectivity index (χ3n) is 3.36. The first kappa shape index (κ1) is 15.1. The smallest absolute Gasteiger partial charge is 0.252 e. The van der Waals surface area contributed by atoms with Gasteiger partial charge in [-0.1, -0.05) is 11.6 Å². The third-order valence-corrected chi connectivity index (χ3v) is 5.31. The Bertz CT molecular complexity index is 601. The van der Waals surface area contributed by atoms with Gasteiger partial charge in [0.15, 0.2) is 0 Å². The van der Waals surface area contributed by atoms with Gasteiger partial charge in [-0.25, -0.2) is 8.42 Å². The Kier molecular flexibility index (Phi) is 4.55. The highest BCUT2D eigenvalue weighted by Crippen LogP contribution is 2.25. The molecule has 1 aromatic rings. The molecule has 2 rings (SSSR count). The number of benzene rings is 1. The number of carbonyl (C=O) groups is 1. The minimum absolute atomic E-state index is 0.165. The van der Waals surface area contributed by atoms with Crippen molar-refractivity contribution in [3.63, 3.8) is 0 Å². The van der Waals surface area contributed by atoms with E-state index in [1.165, 1.54) is 6.07 Å². The number of primary amides is 1. The van der Waals surface area contributed by atoms with Crippen LogP contribution in [0.2, 0.25) is 5.02 Å². The minimum atomic E-state index is -2.88. The van der Waals surface area contributed by atoms with Crippen molar-refractivity contribution in [2.45, 2.75) is 12.8 Å². The van der Waals surface area contributed by atoms with Crippen molar-refractivity contribution >= 4 is 27.3 Å². The number of nitrogens with two attached hydrogens (primary N) is 1. The summed E-state index contributed by atoms with van der Waals surface area (Å²) >= 11 is 5.87. The van der Waals surface area contributed by atoms with Gasteiger partial charge in [0.25, 0.3) is 5.91 Å². The second kappa shape index (κ2) is 6.01. The fourth-order valence-electron chi connectivity index (χ4n) is 2.13. The van der Waals surface area contributed by atoms with E-state index in [0.717, 1.165) is 0 Å². The molecule has 1 heterocycles. The Morgan fingerprint density at radius 3 is 2.60 bits per heavy atom. The molecule has 2 N–H and O–H groups in total. The summed E-state index contributed by atoms with van der Waals surface area (Å²) in [7, 11) is -2.88. The summed E-state index contributed by atoms with van der Waals surface area (Å²) in [6, 6.07) is 4.63. The van der Waals surface area contributed by atoms with Crippen LogP contribution in [0, 0.1) is 5.92 Å². The molecule has 110 valence electrons. The lowest BCUT2D eigenvalue weighted by molar-refractivity contribution is 0.0995. The molecule has 1 aliphatic heterocycles. The van der Waals surface area contributed by atoms with Crippen molar-refractivity contribution in [1.82, 2.24) is 0 Å². The zero-order valence-electron chi connectivity index (χ0n) is 10.8. The summed E-state index contributed by atoms with van der Waals surface area (Å²) in [5.41, 5.74) is 5.54. The lowest BCUT2D eigenvalue weighted by Crippen LogP contribution is -2.27. The second-order valence-corrected chi connectivity index (χ2v) is 7.65. The molecule has 0 radical (unpaired) electrons. The molecule has 0 atom stereocenters. The largest absolute Gasteiger partial charge is 0.492 e. The summed E-state index contributed by atoms with van der Waals surface area (Å²) in [6.45, 7) is 0.357. The second-order valence-electron chi connectivity index (χ2n) is 4.91. The molecule has 7 heteroatoms. The molecule has 1 amide bonds. The van der Waals surface area contributed by atoms with E-state index >= 15 is 0 Å². The van der Waals surface area contributed by atoms with E-state index < -0.39 is 15.7 Å². The molecule has 0 unspecified atom stereocenters. The Labute approximate surface area is 123 Å². The van der Waals surface area contributed by atoms with E-state index in [1.807, 2.05) is 0 Å². The molecule has 1 fully saturated rings. The molecular formula is C13H16ClNO4S. The molecule has 0 aromatic heterocycles. The molecule has 5 nitrogen and oxygen atoms in total. The van der Waals surface area contributed by atoms with Gasteiger partial charge in [0, 0.05) is 5.02 Å².